The average Bonchev–Trinajstić information content (AvgIpc) is 3.23. The molecule has 0 saturated carbocycles. The Kier molecular flexibility index (Phi) is 6.78. The molecule has 1 unspecified atom stereocenters. The second kappa shape index (κ2) is 9.76. The normalized spacial score (nSPS) is 16.3. The molecule has 2 N–H and O–H groups in total. The van der Waals surface area contributed by atoms with Crippen molar-refractivity contribution in [3.63, 3.8) is 0 Å². The van der Waals surface area contributed by atoms with Gasteiger partial charge in [0.15, 0.2) is 0 Å². The van der Waals surface area contributed by atoms with Gasteiger partial charge in [-0.05, 0) is 42.5 Å². The van der Waals surface area contributed by atoms with Gasteiger partial charge in [0, 0.05) is 5.56 Å². The summed E-state index contributed by atoms with van der Waals surface area (Å²) in [6.45, 7) is 7.55. The van der Waals surface area contributed by atoms with Gasteiger partial charge < -0.3 is 10.5 Å². The third-order valence-corrected chi connectivity index (χ3v) is 5.89. The number of hydrogen-bond acceptors (Lipinski definition) is 7. The van der Waals surface area contributed by atoms with Gasteiger partial charge in [0.2, 0.25) is 0 Å². The third kappa shape index (κ3) is 4.72. The second-order valence-corrected chi connectivity index (χ2v) is 8.82. The van der Waals surface area contributed by atoms with Gasteiger partial charge in [-0.2, -0.15) is 9.89 Å². The molecule has 1 aromatic carbocycles. The fourth-order valence-corrected chi connectivity index (χ4v) is 4.29. The Labute approximate surface area is 197 Å². The van der Waals surface area contributed by atoms with Crippen molar-refractivity contribution < 1.29 is 14.1 Å². The molecule has 0 bridgehead atoms. The van der Waals surface area contributed by atoms with Gasteiger partial charge in [-0.25, -0.2) is 9.37 Å². The highest BCUT2D eigenvalue weighted by Gasteiger charge is 2.28. The molecule has 0 spiro atoms. The number of ether oxygens (including phenoxy) is 1. The van der Waals surface area contributed by atoms with Gasteiger partial charge in [0.05, 0.1) is 48.3 Å². The van der Waals surface area contributed by atoms with Crippen molar-refractivity contribution in [2.75, 3.05) is 30.5 Å². The lowest BCUT2D eigenvalue weighted by Crippen LogP contribution is -2.46. The van der Waals surface area contributed by atoms with Crippen LogP contribution in [0.3, 0.4) is 0 Å². The van der Waals surface area contributed by atoms with Crippen LogP contribution < -0.4 is 10.7 Å². The van der Waals surface area contributed by atoms with Gasteiger partial charge in [-0.15, -0.1) is 0 Å². The van der Waals surface area contributed by atoms with Gasteiger partial charge in [0.1, 0.15) is 17.2 Å². The van der Waals surface area contributed by atoms with Crippen LogP contribution in [-0.4, -0.2) is 39.6 Å². The molecule has 4 rings (SSSR count). The number of rotatable bonds is 7. The number of aryl methyl sites for hydroxylation is 1. The van der Waals surface area contributed by atoms with E-state index in [-0.39, 0.29) is 29.2 Å². The highest BCUT2D eigenvalue weighted by atomic mass is 19.1. The molecular weight excluding hydrogens is 439 g/mol. The van der Waals surface area contributed by atoms with E-state index in [1.54, 1.807) is 23.0 Å². The number of pyridine rings is 1. The number of halogens is 1. The molecule has 2 aromatic heterocycles. The van der Waals surface area contributed by atoms with Crippen LogP contribution in [0.2, 0.25) is 0 Å². The second-order valence-electron chi connectivity index (χ2n) is 8.82. The van der Waals surface area contributed by atoms with Crippen LogP contribution in [0.25, 0.3) is 11.3 Å². The zero-order chi connectivity index (χ0) is 24.4. The van der Waals surface area contributed by atoms with Gasteiger partial charge in [0.25, 0.3) is 0 Å². The summed E-state index contributed by atoms with van der Waals surface area (Å²) in [5.41, 5.74) is 9.53. The van der Waals surface area contributed by atoms with E-state index in [2.05, 4.69) is 9.99 Å². The van der Waals surface area contributed by atoms with Crippen LogP contribution in [0.15, 0.2) is 36.5 Å². The van der Waals surface area contributed by atoms with E-state index < -0.39 is 4.92 Å². The van der Waals surface area contributed by atoms with Crippen LogP contribution in [-0.2, 0) is 17.6 Å². The molecule has 1 aliphatic rings. The number of aromatic nitrogens is 3. The first-order chi connectivity index (χ1) is 16.3. The average molecular weight is 469 g/mol. The van der Waals surface area contributed by atoms with E-state index in [1.165, 1.54) is 12.1 Å². The number of nitrogens with zero attached hydrogens (tertiary/aromatic N) is 5. The minimum absolute atomic E-state index is 0.0935. The van der Waals surface area contributed by atoms with E-state index in [4.69, 9.17) is 15.6 Å². The number of hydrogen-bond donors (Lipinski definition) is 1. The molecule has 1 aliphatic heterocycles. The maximum atomic E-state index is 13.5. The molecule has 0 amide bonds. The minimum Gasteiger partial charge on any atom is -0.393 e. The Morgan fingerprint density at radius 2 is 2.03 bits per heavy atom. The third-order valence-electron chi connectivity index (χ3n) is 5.89. The number of anilines is 1. The lowest BCUT2D eigenvalue weighted by Gasteiger charge is -2.37. The molecule has 1 saturated heterocycles. The summed E-state index contributed by atoms with van der Waals surface area (Å²) in [5, 5.41) is 18.5. The number of nitrogens with two attached hydrogens (primary N) is 1. The van der Waals surface area contributed by atoms with Crippen molar-refractivity contribution in [1.29, 1.82) is 0 Å². The van der Waals surface area contributed by atoms with Gasteiger partial charge in [-0.3, -0.25) is 15.1 Å². The van der Waals surface area contributed by atoms with Crippen molar-refractivity contribution in [2.45, 2.75) is 39.7 Å². The summed E-state index contributed by atoms with van der Waals surface area (Å²) in [7, 11) is 0. The molecule has 34 heavy (non-hydrogen) atoms. The van der Waals surface area contributed by atoms with Crippen LogP contribution in [0.1, 0.15) is 43.8 Å². The van der Waals surface area contributed by atoms with Crippen molar-refractivity contribution in [3.05, 3.63) is 69.4 Å². The summed E-state index contributed by atoms with van der Waals surface area (Å²) >= 11 is 0. The molecule has 0 radical (unpaired) electrons. The van der Waals surface area contributed by atoms with Crippen LogP contribution in [0.4, 0.5) is 15.8 Å². The quantitative estimate of drug-likeness (QED) is 0.411. The molecule has 0 aliphatic carbocycles. The predicted octanol–water partition coefficient (Wildman–Crippen LogP) is 4.05. The Bertz CT molecular complexity index is 1180. The first kappa shape index (κ1) is 23.6. The lowest BCUT2D eigenvalue weighted by molar-refractivity contribution is -0.385. The summed E-state index contributed by atoms with van der Waals surface area (Å²) in [4.78, 5) is 17.6. The van der Waals surface area contributed by atoms with Crippen molar-refractivity contribution in [3.8, 4) is 11.3 Å². The Hall–Kier alpha value is -3.53. The summed E-state index contributed by atoms with van der Waals surface area (Å²) in [5.74, 6) is -0.111. The highest BCUT2D eigenvalue weighted by molar-refractivity contribution is 5.71. The van der Waals surface area contributed by atoms with E-state index in [1.807, 2.05) is 27.0 Å². The molecular formula is C24H29FN6O3. The smallest absolute Gasteiger partial charge is 0.313 e. The maximum absolute atomic E-state index is 13.5. The first-order valence-corrected chi connectivity index (χ1v) is 11.4. The minimum atomic E-state index is -0.463. The summed E-state index contributed by atoms with van der Waals surface area (Å²) < 4.78 is 19.2. The molecule has 10 heteroatoms. The van der Waals surface area contributed by atoms with Crippen LogP contribution >= 0.6 is 0 Å². The number of nitro groups is 1. The molecule has 1 fully saturated rings. The lowest BCUT2D eigenvalue weighted by atomic mass is 10.0. The highest BCUT2D eigenvalue weighted by Crippen LogP contribution is 2.33. The zero-order valence-corrected chi connectivity index (χ0v) is 19.6. The fraction of sp³-hybridized carbons (Fsp3) is 0.417. The monoisotopic (exact) mass is 468 g/mol. The first-order valence-electron chi connectivity index (χ1n) is 11.4. The molecule has 3 heterocycles. The topological polar surface area (TPSA) is 112 Å². The molecule has 180 valence electrons. The molecule has 1 atom stereocenters. The van der Waals surface area contributed by atoms with E-state index in [0.29, 0.717) is 44.0 Å². The van der Waals surface area contributed by atoms with E-state index >= 15 is 0 Å². The fourth-order valence-electron chi connectivity index (χ4n) is 4.29. The SMILES string of the molecule is CCc1nn(N2CCOCC2c2ccc(F)cc2)cc1-c1cc(N)c([N+](=O)[O-])c(CC(C)C)n1. The van der Waals surface area contributed by atoms with E-state index in [0.717, 1.165) is 16.8 Å². The standard InChI is InChI=1S/C24H29FN6O3/c1-4-20-18(21-12-19(26)24(31(32)33)22(27-21)11-15(2)3)13-30(28-20)29-9-10-34-14-23(29)16-5-7-17(25)8-6-16/h5-8,12-13,15,23H,4,9-11,14H2,1-3H3,(H2,26,27). The predicted molar refractivity (Wildman–Crippen MR) is 127 cm³/mol. The number of nitrogen functional groups attached to an aromatic ring is 1. The van der Waals surface area contributed by atoms with Gasteiger partial charge in [-0.1, -0.05) is 32.9 Å². The van der Waals surface area contributed by atoms with Crippen LogP contribution in [0.5, 0.6) is 0 Å². The summed E-state index contributed by atoms with van der Waals surface area (Å²) in [6, 6.07) is 7.80. The van der Waals surface area contributed by atoms with Crippen molar-refractivity contribution in [2.24, 2.45) is 5.92 Å². The van der Waals surface area contributed by atoms with Crippen molar-refractivity contribution >= 4 is 11.4 Å². The van der Waals surface area contributed by atoms with Crippen LogP contribution in [0, 0.1) is 21.8 Å². The maximum Gasteiger partial charge on any atom is 0.313 e. The molecule has 3 aromatic rings. The van der Waals surface area contributed by atoms with Gasteiger partial charge >= 0.3 is 5.69 Å². The Balaban J connectivity index is 1.76. The Morgan fingerprint density at radius 1 is 1.29 bits per heavy atom. The molecule has 9 nitrogen and oxygen atoms in total. The number of benzene rings is 1. The largest absolute Gasteiger partial charge is 0.393 e. The summed E-state index contributed by atoms with van der Waals surface area (Å²) in [6.07, 6.45) is 2.97. The Morgan fingerprint density at radius 3 is 2.68 bits per heavy atom. The van der Waals surface area contributed by atoms with E-state index in [9.17, 15) is 14.5 Å². The zero-order valence-electron chi connectivity index (χ0n) is 19.6. The van der Waals surface area contributed by atoms with Crippen molar-refractivity contribution in [1.82, 2.24) is 14.9 Å². The number of morpholine rings is 1.